The number of nitrogens with one attached hydrogen (secondary N) is 1. The Morgan fingerprint density at radius 2 is 1.87 bits per heavy atom. The van der Waals surface area contributed by atoms with Gasteiger partial charge in [-0.15, -0.1) is 0 Å². The van der Waals surface area contributed by atoms with Crippen LogP contribution in [-0.4, -0.2) is 25.3 Å². The van der Waals surface area contributed by atoms with Gasteiger partial charge < -0.3 is 9.47 Å². The third-order valence-corrected chi connectivity index (χ3v) is 2.97. The van der Waals surface area contributed by atoms with E-state index >= 15 is 0 Å². The van der Waals surface area contributed by atoms with Crippen molar-refractivity contribution in [3.8, 4) is 11.5 Å². The van der Waals surface area contributed by atoms with Gasteiger partial charge in [-0.3, -0.25) is 4.79 Å². The lowest BCUT2D eigenvalue weighted by Crippen LogP contribution is -2.17. The first-order valence-corrected chi connectivity index (χ1v) is 7.33. The van der Waals surface area contributed by atoms with Crippen molar-refractivity contribution in [2.24, 2.45) is 5.10 Å². The average molecular weight is 312 g/mol. The zero-order valence-corrected chi connectivity index (χ0v) is 13.4. The first kappa shape index (κ1) is 16.5. The zero-order chi connectivity index (χ0) is 16.7. The van der Waals surface area contributed by atoms with Crippen molar-refractivity contribution in [2.75, 3.05) is 7.11 Å². The van der Waals surface area contributed by atoms with E-state index in [1.165, 1.54) is 0 Å². The molecule has 0 fully saturated rings. The van der Waals surface area contributed by atoms with Crippen molar-refractivity contribution in [2.45, 2.75) is 20.0 Å². The highest BCUT2D eigenvalue weighted by Crippen LogP contribution is 2.28. The summed E-state index contributed by atoms with van der Waals surface area (Å²) in [4.78, 5) is 11.9. The minimum Gasteiger partial charge on any atom is -0.493 e. The summed E-state index contributed by atoms with van der Waals surface area (Å²) in [5.74, 6) is 1.04. The van der Waals surface area contributed by atoms with Crippen LogP contribution in [0.5, 0.6) is 11.5 Å². The molecule has 1 amide bonds. The average Bonchev–Trinajstić information content (AvgIpc) is 2.56. The lowest BCUT2D eigenvalue weighted by Gasteiger charge is -2.13. The van der Waals surface area contributed by atoms with Crippen LogP contribution in [-0.2, 0) is 0 Å². The number of carbonyl (C=O) groups is 1. The summed E-state index contributed by atoms with van der Waals surface area (Å²) in [5, 5.41) is 3.96. The van der Waals surface area contributed by atoms with Crippen LogP contribution in [0.25, 0.3) is 0 Å². The SMILES string of the molecule is COc1cc(/C=N/NC(=O)c2ccccc2)ccc1OC(C)C. The molecule has 1 N–H and O–H groups in total. The molecule has 2 rings (SSSR count). The lowest BCUT2D eigenvalue weighted by molar-refractivity contribution is 0.0955. The summed E-state index contributed by atoms with van der Waals surface area (Å²) in [7, 11) is 1.58. The Bertz CT molecular complexity index is 682. The van der Waals surface area contributed by atoms with Gasteiger partial charge in [-0.25, -0.2) is 5.43 Å². The third kappa shape index (κ3) is 4.85. The molecular formula is C18H20N2O3. The number of benzene rings is 2. The van der Waals surface area contributed by atoms with Crippen LogP contribution >= 0.6 is 0 Å². The van der Waals surface area contributed by atoms with E-state index in [1.807, 2.05) is 32.0 Å². The maximum atomic E-state index is 11.9. The van der Waals surface area contributed by atoms with Gasteiger partial charge in [0, 0.05) is 5.56 Å². The second kappa shape index (κ2) is 7.98. The van der Waals surface area contributed by atoms with E-state index < -0.39 is 0 Å². The molecule has 23 heavy (non-hydrogen) atoms. The number of carbonyl (C=O) groups excluding carboxylic acids is 1. The lowest BCUT2D eigenvalue weighted by atomic mass is 10.2. The summed E-state index contributed by atoms with van der Waals surface area (Å²) >= 11 is 0. The number of amides is 1. The number of hydrogen-bond donors (Lipinski definition) is 1. The molecule has 0 heterocycles. The standard InChI is InChI=1S/C18H20N2O3/c1-13(2)23-16-10-9-14(11-17(16)22-3)12-19-20-18(21)15-7-5-4-6-8-15/h4-13H,1-3H3,(H,20,21)/b19-12+. The van der Waals surface area contributed by atoms with Gasteiger partial charge in [-0.05, 0) is 49.7 Å². The molecule has 0 aromatic heterocycles. The topological polar surface area (TPSA) is 59.9 Å². The molecule has 0 aliphatic carbocycles. The number of hydrazone groups is 1. The molecule has 0 spiro atoms. The third-order valence-electron chi connectivity index (χ3n) is 2.97. The van der Waals surface area contributed by atoms with Gasteiger partial charge in [0.1, 0.15) is 0 Å². The number of methoxy groups -OCH3 is 1. The summed E-state index contributed by atoms with van der Waals surface area (Å²) in [6, 6.07) is 14.4. The van der Waals surface area contributed by atoms with Crippen LogP contribution in [0.1, 0.15) is 29.8 Å². The maximum absolute atomic E-state index is 11.9. The Labute approximate surface area is 135 Å². The molecule has 0 atom stereocenters. The van der Waals surface area contributed by atoms with Gasteiger partial charge in [0.2, 0.25) is 0 Å². The fourth-order valence-electron chi connectivity index (χ4n) is 1.94. The summed E-state index contributed by atoms with van der Waals surface area (Å²) in [6.07, 6.45) is 1.62. The van der Waals surface area contributed by atoms with Gasteiger partial charge in [0.15, 0.2) is 11.5 Å². The molecule has 2 aromatic rings. The number of nitrogens with zero attached hydrogens (tertiary/aromatic N) is 1. The highest BCUT2D eigenvalue weighted by molar-refractivity contribution is 5.94. The highest BCUT2D eigenvalue weighted by Gasteiger charge is 2.07. The van der Waals surface area contributed by atoms with E-state index in [2.05, 4.69) is 10.5 Å². The van der Waals surface area contributed by atoms with E-state index in [0.29, 0.717) is 17.1 Å². The molecule has 0 radical (unpaired) electrons. The molecule has 0 saturated carbocycles. The van der Waals surface area contributed by atoms with Crippen molar-refractivity contribution in [3.05, 3.63) is 59.7 Å². The van der Waals surface area contributed by atoms with Crippen molar-refractivity contribution in [3.63, 3.8) is 0 Å². The maximum Gasteiger partial charge on any atom is 0.271 e. The fourth-order valence-corrected chi connectivity index (χ4v) is 1.94. The Morgan fingerprint density at radius 3 is 2.52 bits per heavy atom. The van der Waals surface area contributed by atoms with E-state index in [1.54, 1.807) is 43.7 Å². The Balaban J connectivity index is 2.03. The van der Waals surface area contributed by atoms with Crippen LogP contribution < -0.4 is 14.9 Å². The second-order valence-electron chi connectivity index (χ2n) is 5.14. The quantitative estimate of drug-likeness (QED) is 0.658. The van der Waals surface area contributed by atoms with E-state index in [0.717, 1.165) is 5.56 Å². The normalized spacial score (nSPS) is 10.8. The fraction of sp³-hybridized carbons (Fsp3) is 0.222. The Hall–Kier alpha value is -2.82. The van der Waals surface area contributed by atoms with Crippen molar-refractivity contribution < 1.29 is 14.3 Å². The molecular weight excluding hydrogens is 292 g/mol. The molecule has 120 valence electrons. The highest BCUT2D eigenvalue weighted by atomic mass is 16.5. The summed E-state index contributed by atoms with van der Waals surface area (Å²) < 4.78 is 11.0. The van der Waals surface area contributed by atoms with Crippen molar-refractivity contribution in [1.82, 2.24) is 5.43 Å². The summed E-state index contributed by atoms with van der Waals surface area (Å²) in [5.41, 5.74) is 3.85. The Morgan fingerprint density at radius 1 is 1.13 bits per heavy atom. The Kier molecular flexibility index (Phi) is 5.74. The number of rotatable bonds is 6. The van der Waals surface area contributed by atoms with E-state index in [9.17, 15) is 4.79 Å². The predicted octanol–water partition coefficient (Wildman–Crippen LogP) is 3.25. The van der Waals surface area contributed by atoms with E-state index in [4.69, 9.17) is 9.47 Å². The smallest absolute Gasteiger partial charge is 0.271 e. The zero-order valence-electron chi connectivity index (χ0n) is 13.4. The first-order valence-electron chi connectivity index (χ1n) is 7.33. The van der Waals surface area contributed by atoms with Gasteiger partial charge in [0.25, 0.3) is 5.91 Å². The first-order chi connectivity index (χ1) is 11.1. The monoisotopic (exact) mass is 312 g/mol. The van der Waals surface area contributed by atoms with Crippen LogP contribution in [0.2, 0.25) is 0 Å². The molecule has 0 aliphatic heterocycles. The van der Waals surface area contributed by atoms with E-state index in [-0.39, 0.29) is 12.0 Å². The molecule has 5 heteroatoms. The predicted molar refractivity (Wildman–Crippen MR) is 90.3 cm³/mol. The molecule has 5 nitrogen and oxygen atoms in total. The molecule has 0 unspecified atom stereocenters. The van der Waals surface area contributed by atoms with Gasteiger partial charge in [-0.2, -0.15) is 5.10 Å². The van der Waals surface area contributed by atoms with Crippen molar-refractivity contribution in [1.29, 1.82) is 0 Å². The molecule has 0 saturated heterocycles. The van der Waals surface area contributed by atoms with Crippen LogP contribution in [0, 0.1) is 0 Å². The molecule has 0 bridgehead atoms. The summed E-state index contributed by atoms with van der Waals surface area (Å²) in [6.45, 7) is 3.90. The molecule has 2 aromatic carbocycles. The van der Waals surface area contributed by atoms with Gasteiger partial charge in [0.05, 0.1) is 19.4 Å². The van der Waals surface area contributed by atoms with Crippen LogP contribution in [0.4, 0.5) is 0 Å². The number of hydrogen-bond acceptors (Lipinski definition) is 4. The van der Waals surface area contributed by atoms with Gasteiger partial charge in [-0.1, -0.05) is 18.2 Å². The van der Waals surface area contributed by atoms with Gasteiger partial charge >= 0.3 is 0 Å². The number of ether oxygens (including phenoxy) is 2. The minimum absolute atomic E-state index is 0.0635. The second-order valence-corrected chi connectivity index (χ2v) is 5.14. The molecule has 0 aliphatic rings. The largest absolute Gasteiger partial charge is 0.493 e. The minimum atomic E-state index is -0.256. The van der Waals surface area contributed by atoms with Crippen molar-refractivity contribution >= 4 is 12.1 Å². The van der Waals surface area contributed by atoms with Crippen LogP contribution in [0.15, 0.2) is 53.6 Å². The van der Waals surface area contributed by atoms with Crippen LogP contribution in [0.3, 0.4) is 0 Å².